The van der Waals surface area contributed by atoms with Crippen molar-refractivity contribution in [2.45, 2.75) is 13.8 Å². The van der Waals surface area contributed by atoms with E-state index in [4.69, 9.17) is 26.8 Å². The quantitative estimate of drug-likeness (QED) is 0.150. The van der Waals surface area contributed by atoms with Crippen LogP contribution in [0.15, 0.2) is 121 Å². The summed E-state index contributed by atoms with van der Waals surface area (Å²) < 4.78 is 37.2. The first kappa shape index (κ1) is 44.0. The Morgan fingerprint density at radius 2 is 0.964 bits per heavy atom. The molecule has 0 aliphatic rings. The molecule has 6 aromatic rings. The minimum absolute atomic E-state index is 0.278. The van der Waals surface area contributed by atoms with E-state index in [0.29, 0.717) is 28.0 Å². The van der Waals surface area contributed by atoms with Gasteiger partial charge in [-0.05, 0) is 163 Å². The predicted molar refractivity (Wildman–Crippen MR) is 224 cm³/mol. The highest BCUT2D eigenvalue weighted by molar-refractivity contribution is 6.30. The standard InChI is InChI=1S/C20H19FN2O.C18H13ClFNO.C4H12N2.C2H7N/c1-14-12-17(23(2)3)13-20(22-14)15-4-8-18(9-5-15)24-19-10-6-16(21)7-11-19;1-12-10-14(19)11-18(21-12)13-2-6-16(7-3-13)22-17-8-4-15(20)5-9-17;1-6(2)4-3-5;1-3-2/h4-13H,1-3H3;2-11H,1H3;3-5H2,1-2H3;3H,1-2H3. The maximum atomic E-state index is 12.9. The number of nitrogens with one attached hydrogen (secondary N) is 1. The second-order valence-electron chi connectivity index (χ2n) is 12.8. The molecule has 0 saturated carbocycles. The largest absolute Gasteiger partial charge is 0.457 e. The SMILES string of the molecule is CN(C)CCN.CNC.Cc1cc(Cl)cc(-c2ccc(Oc3ccc(F)cc3)cc2)n1.Cc1cc(N(C)C)cc(-c2ccc(Oc3ccc(F)cc3)cc2)n1. The average Bonchev–Trinajstić information content (AvgIpc) is 3.14. The molecule has 4 aromatic carbocycles. The third-order valence-electron chi connectivity index (χ3n) is 7.35. The second kappa shape index (κ2) is 22.7. The fourth-order valence-corrected chi connectivity index (χ4v) is 5.02. The van der Waals surface area contributed by atoms with Gasteiger partial charge in [0.15, 0.2) is 0 Å². The van der Waals surface area contributed by atoms with Crippen LogP contribution >= 0.6 is 11.6 Å². The summed E-state index contributed by atoms with van der Waals surface area (Å²) in [5.41, 5.74) is 11.9. The highest BCUT2D eigenvalue weighted by atomic mass is 35.5. The number of ether oxygens (including phenoxy) is 2. The fourth-order valence-electron chi connectivity index (χ4n) is 4.75. The van der Waals surface area contributed by atoms with Crippen LogP contribution in [0.1, 0.15) is 11.4 Å². The predicted octanol–water partition coefficient (Wildman–Crippen LogP) is 10.0. The Morgan fingerprint density at radius 3 is 1.29 bits per heavy atom. The van der Waals surface area contributed by atoms with E-state index in [0.717, 1.165) is 52.7 Å². The van der Waals surface area contributed by atoms with Crippen LogP contribution in [0, 0.1) is 25.5 Å². The number of aromatic nitrogens is 2. The number of likely N-dealkylation sites (N-methyl/N-ethyl adjacent to an activating group) is 1. The van der Waals surface area contributed by atoms with Crippen LogP contribution < -0.4 is 25.4 Å². The summed E-state index contributed by atoms with van der Waals surface area (Å²) in [4.78, 5) is 13.2. The van der Waals surface area contributed by atoms with Crippen LogP contribution in [0.5, 0.6) is 23.0 Å². The van der Waals surface area contributed by atoms with Crippen molar-refractivity contribution in [1.82, 2.24) is 20.2 Å². The van der Waals surface area contributed by atoms with E-state index in [9.17, 15) is 8.78 Å². The number of nitrogens with zero attached hydrogens (tertiary/aromatic N) is 4. The molecule has 0 unspecified atom stereocenters. The van der Waals surface area contributed by atoms with Gasteiger partial charge in [-0.3, -0.25) is 9.97 Å². The topological polar surface area (TPSA) is 88.8 Å². The van der Waals surface area contributed by atoms with Crippen LogP contribution in [0.4, 0.5) is 14.5 Å². The molecule has 0 saturated heterocycles. The van der Waals surface area contributed by atoms with Gasteiger partial charge in [0.25, 0.3) is 0 Å². The molecule has 55 heavy (non-hydrogen) atoms. The molecule has 290 valence electrons. The van der Waals surface area contributed by atoms with E-state index in [-0.39, 0.29) is 11.6 Å². The maximum Gasteiger partial charge on any atom is 0.127 e. The Bertz CT molecular complexity index is 1990. The Balaban J connectivity index is 0.000000243. The first-order valence-electron chi connectivity index (χ1n) is 17.6. The van der Waals surface area contributed by atoms with Gasteiger partial charge < -0.3 is 30.3 Å². The van der Waals surface area contributed by atoms with Gasteiger partial charge in [-0.15, -0.1) is 0 Å². The monoisotopic (exact) mass is 768 g/mol. The number of aryl methyl sites for hydroxylation is 2. The molecule has 0 aliphatic carbocycles. The number of anilines is 1. The van der Waals surface area contributed by atoms with E-state index in [1.807, 2.05) is 117 Å². The summed E-state index contributed by atoms with van der Waals surface area (Å²) in [6.45, 7) is 5.64. The van der Waals surface area contributed by atoms with Crippen molar-refractivity contribution < 1.29 is 18.3 Å². The zero-order valence-electron chi connectivity index (χ0n) is 32.8. The molecular formula is C44H51ClF2N6O2. The highest BCUT2D eigenvalue weighted by Gasteiger charge is 2.07. The number of pyridine rings is 2. The van der Waals surface area contributed by atoms with E-state index in [1.54, 1.807) is 24.3 Å². The lowest BCUT2D eigenvalue weighted by Gasteiger charge is -2.14. The van der Waals surface area contributed by atoms with Gasteiger partial charge in [-0.1, -0.05) is 11.6 Å². The normalized spacial score (nSPS) is 10.2. The summed E-state index contributed by atoms with van der Waals surface area (Å²) in [6, 6.07) is 34.9. The second-order valence-corrected chi connectivity index (χ2v) is 13.2. The van der Waals surface area contributed by atoms with E-state index >= 15 is 0 Å². The molecule has 6 rings (SSSR count). The Hall–Kier alpha value is -5.39. The number of hydrogen-bond donors (Lipinski definition) is 2. The summed E-state index contributed by atoms with van der Waals surface area (Å²) in [5.74, 6) is 2.00. The van der Waals surface area contributed by atoms with Gasteiger partial charge in [-0.25, -0.2) is 8.78 Å². The summed E-state index contributed by atoms with van der Waals surface area (Å²) >= 11 is 6.06. The van der Waals surface area contributed by atoms with E-state index < -0.39 is 0 Å². The van der Waals surface area contributed by atoms with Crippen molar-refractivity contribution >= 4 is 17.3 Å². The lowest BCUT2D eigenvalue weighted by atomic mass is 10.1. The summed E-state index contributed by atoms with van der Waals surface area (Å²) in [6.07, 6.45) is 0. The third-order valence-corrected chi connectivity index (χ3v) is 7.57. The molecule has 3 N–H and O–H groups in total. The average molecular weight is 769 g/mol. The van der Waals surface area contributed by atoms with Gasteiger partial charge in [0, 0.05) is 60.4 Å². The van der Waals surface area contributed by atoms with E-state index in [1.165, 1.54) is 24.3 Å². The van der Waals surface area contributed by atoms with Crippen LogP contribution in [-0.2, 0) is 0 Å². The summed E-state index contributed by atoms with van der Waals surface area (Å²) in [7, 11) is 11.8. The van der Waals surface area contributed by atoms with Crippen molar-refractivity contribution in [2.75, 3.05) is 60.3 Å². The van der Waals surface area contributed by atoms with Crippen LogP contribution in [0.25, 0.3) is 22.5 Å². The zero-order valence-corrected chi connectivity index (χ0v) is 33.5. The Morgan fingerprint density at radius 1 is 0.600 bits per heavy atom. The van der Waals surface area contributed by atoms with Gasteiger partial charge >= 0.3 is 0 Å². The molecule has 0 spiro atoms. The smallest absolute Gasteiger partial charge is 0.127 e. The zero-order chi connectivity index (χ0) is 40.3. The Kier molecular flexibility index (Phi) is 18.2. The Labute approximate surface area is 329 Å². The number of rotatable bonds is 9. The van der Waals surface area contributed by atoms with Crippen LogP contribution in [-0.4, -0.2) is 70.2 Å². The molecule has 2 heterocycles. The molecule has 0 radical (unpaired) electrons. The first-order chi connectivity index (χ1) is 26.3. The van der Waals surface area contributed by atoms with Gasteiger partial charge in [0.1, 0.15) is 34.6 Å². The number of nitrogens with two attached hydrogens (primary N) is 1. The van der Waals surface area contributed by atoms with Crippen molar-refractivity contribution in [3.05, 3.63) is 149 Å². The molecule has 0 fully saturated rings. The van der Waals surface area contributed by atoms with Gasteiger partial charge in [0.2, 0.25) is 0 Å². The van der Waals surface area contributed by atoms with Crippen molar-refractivity contribution in [3.8, 4) is 45.5 Å². The molecule has 0 bridgehead atoms. The van der Waals surface area contributed by atoms with Crippen LogP contribution in [0.2, 0.25) is 5.02 Å². The highest BCUT2D eigenvalue weighted by Crippen LogP contribution is 2.29. The minimum atomic E-state index is -0.287. The fraction of sp³-hybridized carbons (Fsp3) is 0.227. The number of halogens is 3. The molecule has 2 aromatic heterocycles. The van der Waals surface area contributed by atoms with Crippen molar-refractivity contribution in [1.29, 1.82) is 0 Å². The molecule has 0 aliphatic heterocycles. The molecule has 0 atom stereocenters. The minimum Gasteiger partial charge on any atom is -0.457 e. The maximum absolute atomic E-state index is 12.9. The molecule has 11 heteroatoms. The van der Waals surface area contributed by atoms with Crippen LogP contribution in [0.3, 0.4) is 0 Å². The number of benzene rings is 4. The molecule has 0 amide bonds. The molecule has 8 nitrogen and oxygen atoms in total. The first-order valence-corrected chi connectivity index (χ1v) is 18.0. The lowest BCUT2D eigenvalue weighted by molar-refractivity contribution is 0.420. The summed E-state index contributed by atoms with van der Waals surface area (Å²) in [5, 5.41) is 3.41. The number of hydrogen-bond acceptors (Lipinski definition) is 8. The van der Waals surface area contributed by atoms with Gasteiger partial charge in [-0.2, -0.15) is 0 Å². The van der Waals surface area contributed by atoms with Crippen molar-refractivity contribution in [3.63, 3.8) is 0 Å². The van der Waals surface area contributed by atoms with Gasteiger partial charge in [0.05, 0.1) is 11.4 Å². The van der Waals surface area contributed by atoms with E-state index in [2.05, 4.69) is 37.2 Å². The lowest BCUT2D eigenvalue weighted by Crippen LogP contribution is -2.20. The molecular weight excluding hydrogens is 718 g/mol. The third kappa shape index (κ3) is 15.9. The van der Waals surface area contributed by atoms with Crippen molar-refractivity contribution in [2.24, 2.45) is 5.73 Å².